The summed E-state index contributed by atoms with van der Waals surface area (Å²) in [5.74, 6) is 0. The van der Waals surface area contributed by atoms with Crippen molar-refractivity contribution in [2.75, 3.05) is 0 Å². The molecule has 0 unspecified atom stereocenters. The Balaban J connectivity index is 1.91. The van der Waals surface area contributed by atoms with Crippen LogP contribution < -0.4 is 0 Å². The lowest BCUT2D eigenvalue weighted by Crippen LogP contribution is -1.90. The molecule has 0 heterocycles. The van der Waals surface area contributed by atoms with Crippen molar-refractivity contribution in [3.63, 3.8) is 0 Å². The van der Waals surface area contributed by atoms with Gasteiger partial charge in [0, 0.05) is 0 Å². The van der Waals surface area contributed by atoms with Gasteiger partial charge in [-0.25, -0.2) is 0 Å². The standard InChI is InChI=1S/C23H23N/c1-3-4-5-6-18-8-12-23(17(2)13-18)22-11-10-20-14-19(16-24)7-9-21(20)15-22/h7-15H,3-6H2,1-2H3. The van der Waals surface area contributed by atoms with Gasteiger partial charge in [-0.2, -0.15) is 5.26 Å². The Hall–Kier alpha value is -2.59. The summed E-state index contributed by atoms with van der Waals surface area (Å²) >= 11 is 0. The highest BCUT2D eigenvalue weighted by atomic mass is 14.2. The van der Waals surface area contributed by atoms with Gasteiger partial charge in [0.1, 0.15) is 0 Å². The lowest BCUT2D eigenvalue weighted by Gasteiger charge is -2.10. The van der Waals surface area contributed by atoms with Crippen LogP contribution in [0.1, 0.15) is 42.9 Å². The fraction of sp³-hybridized carbons (Fsp3) is 0.261. The smallest absolute Gasteiger partial charge is 0.0991 e. The Bertz CT molecular complexity index is 900. The number of aryl methyl sites for hydroxylation is 2. The molecule has 0 amide bonds. The fourth-order valence-corrected chi connectivity index (χ4v) is 3.27. The first-order chi connectivity index (χ1) is 11.7. The molecule has 0 atom stereocenters. The normalized spacial score (nSPS) is 10.7. The third-order valence-electron chi connectivity index (χ3n) is 4.64. The van der Waals surface area contributed by atoms with E-state index in [4.69, 9.17) is 5.26 Å². The number of hydrogen-bond donors (Lipinski definition) is 0. The maximum absolute atomic E-state index is 9.02. The van der Waals surface area contributed by atoms with Crippen molar-refractivity contribution in [1.29, 1.82) is 5.26 Å². The summed E-state index contributed by atoms with van der Waals surface area (Å²) < 4.78 is 0. The zero-order chi connectivity index (χ0) is 16.9. The highest BCUT2D eigenvalue weighted by Gasteiger charge is 2.05. The van der Waals surface area contributed by atoms with Crippen LogP contribution in [0.5, 0.6) is 0 Å². The van der Waals surface area contributed by atoms with E-state index < -0.39 is 0 Å². The predicted molar refractivity (Wildman–Crippen MR) is 102 cm³/mol. The maximum atomic E-state index is 9.02. The molecule has 0 aliphatic carbocycles. The predicted octanol–water partition coefficient (Wildman–Crippen LogP) is 6.42. The first-order valence-corrected chi connectivity index (χ1v) is 8.75. The molecule has 0 aliphatic heterocycles. The molecule has 0 spiro atoms. The molecule has 0 aliphatic rings. The van der Waals surface area contributed by atoms with Crippen molar-refractivity contribution >= 4 is 10.8 Å². The summed E-state index contributed by atoms with van der Waals surface area (Å²) in [4.78, 5) is 0. The first-order valence-electron chi connectivity index (χ1n) is 8.75. The van der Waals surface area contributed by atoms with Gasteiger partial charge in [-0.3, -0.25) is 0 Å². The number of fused-ring (bicyclic) bond motifs is 1. The SMILES string of the molecule is CCCCCc1ccc(-c2ccc3cc(C#N)ccc3c2)c(C)c1. The topological polar surface area (TPSA) is 23.8 Å². The fourth-order valence-electron chi connectivity index (χ4n) is 3.27. The van der Waals surface area contributed by atoms with Crippen molar-refractivity contribution in [2.45, 2.75) is 39.5 Å². The molecule has 0 bridgehead atoms. The molecule has 0 saturated heterocycles. The van der Waals surface area contributed by atoms with E-state index in [1.54, 1.807) is 0 Å². The van der Waals surface area contributed by atoms with Crippen LogP contribution in [0.15, 0.2) is 54.6 Å². The molecule has 0 saturated carbocycles. The number of nitrogens with zero attached hydrogens (tertiary/aromatic N) is 1. The summed E-state index contributed by atoms with van der Waals surface area (Å²) in [5, 5.41) is 11.3. The molecule has 3 aromatic rings. The van der Waals surface area contributed by atoms with E-state index in [2.05, 4.69) is 56.3 Å². The van der Waals surface area contributed by atoms with E-state index in [1.807, 2.05) is 18.2 Å². The molecule has 0 radical (unpaired) electrons. The number of nitriles is 1. The van der Waals surface area contributed by atoms with Crippen LogP contribution >= 0.6 is 0 Å². The average Bonchev–Trinajstić information content (AvgIpc) is 2.61. The van der Waals surface area contributed by atoms with Crippen LogP contribution in [0.3, 0.4) is 0 Å². The van der Waals surface area contributed by atoms with Crippen LogP contribution in [0, 0.1) is 18.3 Å². The van der Waals surface area contributed by atoms with Gasteiger partial charge in [0.05, 0.1) is 11.6 Å². The Morgan fingerprint density at radius 1 is 0.875 bits per heavy atom. The zero-order valence-electron chi connectivity index (χ0n) is 14.5. The summed E-state index contributed by atoms with van der Waals surface area (Å²) in [7, 11) is 0. The maximum Gasteiger partial charge on any atom is 0.0991 e. The van der Waals surface area contributed by atoms with Crippen LogP contribution in [0.4, 0.5) is 0 Å². The van der Waals surface area contributed by atoms with Crippen molar-refractivity contribution in [2.24, 2.45) is 0 Å². The van der Waals surface area contributed by atoms with E-state index in [9.17, 15) is 0 Å². The highest BCUT2D eigenvalue weighted by molar-refractivity contribution is 5.88. The van der Waals surface area contributed by atoms with Gasteiger partial charge in [0.2, 0.25) is 0 Å². The van der Waals surface area contributed by atoms with Gasteiger partial charge in [-0.1, -0.05) is 56.2 Å². The average molecular weight is 313 g/mol. The van der Waals surface area contributed by atoms with Crippen LogP contribution in [-0.2, 0) is 6.42 Å². The Morgan fingerprint density at radius 2 is 1.67 bits per heavy atom. The van der Waals surface area contributed by atoms with Crippen LogP contribution in [0.2, 0.25) is 0 Å². The minimum absolute atomic E-state index is 0.711. The number of hydrogen-bond acceptors (Lipinski definition) is 1. The van der Waals surface area contributed by atoms with E-state index >= 15 is 0 Å². The number of benzene rings is 3. The molecular weight excluding hydrogens is 290 g/mol. The third kappa shape index (κ3) is 3.49. The van der Waals surface area contributed by atoms with Gasteiger partial charge in [0.15, 0.2) is 0 Å². The van der Waals surface area contributed by atoms with E-state index in [0.29, 0.717) is 5.56 Å². The number of rotatable bonds is 5. The molecule has 0 fully saturated rings. The third-order valence-corrected chi connectivity index (χ3v) is 4.64. The quantitative estimate of drug-likeness (QED) is 0.499. The summed E-state index contributed by atoms with van der Waals surface area (Å²) in [6, 6.07) is 21.4. The van der Waals surface area contributed by atoms with Crippen molar-refractivity contribution in [3.8, 4) is 17.2 Å². The van der Waals surface area contributed by atoms with Crippen molar-refractivity contribution in [1.82, 2.24) is 0 Å². The van der Waals surface area contributed by atoms with Crippen molar-refractivity contribution in [3.05, 3.63) is 71.3 Å². The van der Waals surface area contributed by atoms with Crippen LogP contribution in [-0.4, -0.2) is 0 Å². The van der Waals surface area contributed by atoms with Gasteiger partial charge in [-0.05, 0) is 71.0 Å². The second kappa shape index (κ2) is 7.32. The number of unbranched alkanes of at least 4 members (excludes halogenated alkanes) is 2. The van der Waals surface area contributed by atoms with Crippen LogP contribution in [0.25, 0.3) is 21.9 Å². The molecule has 1 nitrogen and oxygen atoms in total. The molecule has 0 aromatic heterocycles. The lowest BCUT2D eigenvalue weighted by molar-refractivity contribution is 0.717. The Kier molecular flexibility index (Phi) is 4.96. The zero-order valence-corrected chi connectivity index (χ0v) is 14.5. The minimum Gasteiger partial charge on any atom is -0.192 e. The van der Waals surface area contributed by atoms with Crippen molar-refractivity contribution < 1.29 is 0 Å². The largest absolute Gasteiger partial charge is 0.192 e. The molecular formula is C23H23N. The first kappa shape index (κ1) is 16.3. The molecule has 3 aromatic carbocycles. The summed E-state index contributed by atoms with van der Waals surface area (Å²) in [5.41, 5.74) is 6.01. The second-order valence-corrected chi connectivity index (χ2v) is 6.49. The minimum atomic E-state index is 0.711. The van der Waals surface area contributed by atoms with Gasteiger partial charge < -0.3 is 0 Å². The second-order valence-electron chi connectivity index (χ2n) is 6.49. The molecule has 120 valence electrons. The van der Waals surface area contributed by atoms with E-state index in [0.717, 1.165) is 5.39 Å². The molecule has 0 N–H and O–H groups in total. The molecule has 1 heteroatoms. The summed E-state index contributed by atoms with van der Waals surface area (Å²) in [6.45, 7) is 4.44. The monoisotopic (exact) mass is 313 g/mol. The highest BCUT2D eigenvalue weighted by Crippen LogP contribution is 2.28. The van der Waals surface area contributed by atoms with Gasteiger partial charge in [0.25, 0.3) is 0 Å². The molecule has 24 heavy (non-hydrogen) atoms. The summed E-state index contributed by atoms with van der Waals surface area (Å²) in [6.07, 6.45) is 5.01. The van der Waals surface area contributed by atoms with E-state index in [1.165, 1.54) is 53.3 Å². The molecule has 3 rings (SSSR count). The van der Waals surface area contributed by atoms with Gasteiger partial charge >= 0.3 is 0 Å². The van der Waals surface area contributed by atoms with Gasteiger partial charge in [-0.15, -0.1) is 0 Å². The van der Waals surface area contributed by atoms with E-state index in [-0.39, 0.29) is 0 Å². The lowest BCUT2D eigenvalue weighted by atomic mass is 9.94. The Labute approximate surface area is 144 Å². The Morgan fingerprint density at radius 3 is 2.42 bits per heavy atom.